The first-order valence-corrected chi connectivity index (χ1v) is 3.11. The van der Waals surface area contributed by atoms with E-state index in [1.165, 1.54) is 11.0 Å². The lowest BCUT2D eigenvalue weighted by molar-refractivity contribution is -0.480. The predicted molar refractivity (Wildman–Crippen MR) is 34.3 cm³/mol. The Morgan fingerprint density at radius 2 is 2.45 bits per heavy atom. The third kappa shape index (κ3) is 2.70. The fourth-order valence-corrected chi connectivity index (χ4v) is 0.645. The van der Waals surface area contributed by atoms with E-state index in [0.29, 0.717) is 13.0 Å². The van der Waals surface area contributed by atoms with Gasteiger partial charge in [-0.25, -0.2) is 4.68 Å². The summed E-state index contributed by atoms with van der Waals surface area (Å²) in [6.45, 7) is 0.452. The van der Waals surface area contributed by atoms with E-state index in [9.17, 15) is 10.1 Å². The zero-order chi connectivity index (χ0) is 8.10. The van der Waals surface area contributed by atoms with Crippen molar-refractivity contribution in [3.63, 3.8) is 0 Å². The highest BCUT2D eigenvalue weighted by Crippen LogP contribution is 1.85. The standard InChI is InChI=1S/C4H7N5O2/c10-9(11)3-1-2-8-4-5-6-7-8/h4H,1-3H2. The van der Waals surface area contributed by atoms with Crippen molar-refractivity contribution in [1.82, 2.24) is 20.2 Å². The highest BCUT2D eigenvalue weighted by molar-refractivity contribution is 4.45. The second kappa shape index (κ2) is 3.59. The Morgan fingerprint density at radius 3 is 3.00 bits per heavy atom. The zero-order valence-electron chi connectivity index (χ0n) is 5.75. The molecule has 1 aromatic rings. The number of aromatic nitrogens is 4. The van der Waals surface area contributed by atoms with Crippen LogP contribution in [0.4, 0.5) is 0 Å². The topological polar surface area (TPSA) is 86.7 Å². The summed E-state index contributed by atoms with van der Waals surface area (Å²) in [4.78, 5) is 9.52. The number of nitrogens with zero attached hydrogens (tertiary/aromatic N) is 5. The molecule has 0 saturated carbocycles. The van der Waals surface area contributed by atoms with Gasteiger partial charge in [0.15, 0.2) is 0 Å². The van der Waals surface area contributed by atoms with Crippen LogP contribution in [0.3, 0.4) is 0 Å². The minimum Gasteiger partial charge on any atom is -0.265 e. The molecule has 0 radical (unpaired) electrons. The summed E-state index contributed by atoms with van der Waals surface area (Å²) >= 11 is 0. The number of aryl methyl sites for hydroxylation is 1. The van der Waals surface area contributed by atoms with Crippen LogP contribution >= 0.6 is 0 Å². The molecule has 0 fully saturated rings. The maximum atomic E-state index is 9.87. The Hall–Kier alpha value is -1.53. The summed E-state index contributed by atoms with van der Waals surface area (Å²) in [5.74, 6) is 0. The molecule has 60 valence electrons. The highest BCUT2D eigenvalue weighted by atomic mass is 16.6. The van der Waals surface area contributed by atoms with Crippen molar-refractivity contribution >= 4 is 0 Å². The first-order valence-electron chi connectivity index (χ1n) is 3.11. The second-order valence-electron chi connectivity index (χ2n) is 1.98. The van der Waals surface area contributed by atoms with Gasteiger partial charge in [0.25, 0.3) is 0 Å². The summed E-state index contributed by atoms with van der Waals surface area (Å²) in [6, 6.07) is 0. The van der Waals surface area contributed by atoms with E-state index >= 15 is 0 Å². The average Bonchev–Trinajstić information content (AvgIpc) is 2.39. The Bertz CT molecular complexity index is 220. The van der Waals surface area contributed by atoms with Gasteiger partial charge in [0.1, 0.15) is 6.33 Å². The van der Waals surface area contributed by atoms with Crippen LogP contribution in [0.15, 0.2) is 6.33 Å². The van der Waals surface area contributed by atoms with Crippen LogP contribution in [-0.2, 0) is 6.54 Å². The van der Waals surface area contributed by atoms with Crippen molar-refractivity contribution < 1.29 is 4.92 Å². The normalized spacial score (nSPS) is 9.82. The first kappa shape index (κ1) is 7.58. The summed E-state index contributed by atoms with van der Waals surface area (Å²) in [5.41, 5.74) is 0. The number of nitro groups is 1. The number of hydrogen-bond donors (Lipinski definition) is 0. The van der Waals surface area contributed by atoms with Gasteiger partial charge in [0.05, 0.1) is 6.54 Å². The molecule has 0 saturated heterocycles. The van der Waals surface area contributed by atoms with Gasteiger partial charge in [0, 0.05) is 11.3 Å². The van der Waals surface area contributed by atoms with E-state index in [4.69, 9.17) is 0 Å². The summed E-state index contributed by atoms with van der Waals surface area (Å²) in [7, 11) is 0. The Labute approximate surface area is 62.2 Å². The molecule has 0 atom stereocenters. The summed E-state index contributed by atoms with van der Waals surface area (Å²) < 4.78 is 1.46. The van der Waals surface area contributed by atoms with E-state index in [0.717, 1.165) is 0 Å². The average molecular weight is 157 g/mol. The fraction of sp³-hybridized carbons (Fsp3) is 0.750. The predicted octanol–water partition coefficient (Wildman–Crippen LogP) is -0.660. The zero-order valence-corrected chi connectivity index (χ0v) is 5.75. The Morgan fingerprint density at radius 1 is 1.64 bits per heavy atom. The molecule has 0 spiro atoms. The van der Waals surface area contributed by atoms with Crippen LogP contribution in [0.2, 0.25) is 0 Å². The van der Waals surface area contributed by atoms with Gasteiger partial charge in [-0.3, -0.25) is 10.1 Å². The smallest absolute Gasteiger partial charge is 0.205 e. The molecule has 0 N–H and O–H groups in total. The lowest BCUT2D eigenvalue weighted by atomic mass is 10.4. The molecule has 7 heteroatoms. The molecule has 0 amide bonds. The van der Waals surface area contributed by atoms with Gasteiger partial charge in [-0.15, -0.1) is 5.10 Å². The van der Waals surface area contributed by atoms with Crippen LogP contribution in [0.25, 0.3) is 0 Å². The second-order valence-corrected chi connectivity index (χ2v) is 1.98. The van der Waals surface area contributed by atoms with Crippen molar-refractivity contribution in [3.8, 4) is 0 Å². The monoisotopic (exact) mass is 157 g/mol. The van der Waals surface area contributed by atoms with Crippen molar-refractivity contribution in [2.45, 2.75) is 13.0 Å². The van der Waals surface area contributed by atoms with Gasteiger partial charge < -0.3 is 0 Å². The van der Waals surface area contributed by atoms with E-state index < -0.39 is 0 Å². The molecular weight excluding hydrogens is 150 g/mol. The third-order valence-corrected chi connectivity index (χ3v) is 1.12. The maximum absolute atomic E-state index is 9.87. The van der Waals surface area contributed by atoms with E-state index in [1.54, 1.807) is 0 Å². The molecule has 11 heavy (non-hydrogen) atoms. The number of rotatable bonds is 4. The summed E-state index contributed by atoms with van der Waals surface area (Å²) in [5, 5.41) is 20.2. The first-order chi connectivity index (χ1) is 5.29. The molecule has 0 aliphatic carbocycles. The Balaban J connectivity index is 2.19. The largest absolute Gasteiger partial charge is 0.265 e. The quantitative estimate of drug-likeness (QED) is 0.427. The van der Waals surface area contributed by atoms with Crippen LogP contribution in [0, 0.1) is 10.1 Å². The van der Waals surface area contributed by atoms with E-state index in [2.05, 4.69) is 15.5 Å². The van der Waals surface area contributed by atoms with Crippen molar-refractivity contribution in [2.75, 3.05) is 6.54 Å². The number of hydrogen-bond acceptors (Lipinski definition) is 5. The third-order valence-electron chi connectivity index (χ3n) is 1.12. The molecule has 0 aliphatic heterocycles. The summed E-state index contributed by atoms with van der Waals surface area (Å²) in [6.07, 6.45) is 1.89. The highest BCUT2D eigenvalue weighted by Gasteiger charge is 1.97. The van der Waals surface area contributed by atoms with Crippen molar-refractivity contribution in [3.05, 3.63) is 16.4 Å². The van der Waals surface area contributed by atoms with Crippen molar-refractivity contribution in [1.29, 1.82) is 0 Å². The lowest BCUT2D eigenvalue weighted by Gasteiger charge is -1.93. The van der Waals surface area contributed by atoms with Crippen LogP contribution < -0.4 is 0 Å². The molecular formula is C4H7N5O2. The molecule has 0 unspecified atom stereocenters. The lowest BCUT2D eigenvalue weighted by Crippen LogP contribution is -2.06. The van der Waals surface area contributed by atoms with E-state index in [-0.39, 0.29) is 11.5 Å². The van der Waals surface area contributed by atoms with Gasteiger partial charge in [-0.2, -0.15) is 0 Å². The molecule has 0 aromatic carbocycles. The SMILES string of the molecule is O=[N+]([O-])CCCn1cnnn1. The molecule has 0 bridgehead atoms. The van der Waals surface area contributed by atoms with E-state index in [1.807, 2.05) is 0 Å². The van der Waals surface area contributed by atoms with Crippen LogP contribution in [0.1, 0.15) is 6.42 Å². The van der Waals surface area contributed by atoms with Crippen LogP contribution in [-0.4, -0.2) is 31.7 Å². The minimum absolute atomic E-state index is 0.0418. The molecule has 1 heterocycles. The van der Waals surface area contributed by atoms with Gasteiger partial charge >= 0.3 is 0 Å². The number of tetrazole rings is 1. The van der Waals surface area contributed by atoms with Gasteiger partial charge in [-0.1, -0.05) is 0 Å². The van der Waals surface area contributed by atoms with Gasteiger partial charge in [-0.05, 0) is 10.4 Å². The minimum atomic E-state index is -0.357. The van der Waals surface area contributed by atoms with Crippen molar-refractivity contribution in [2.24, 2.45) is 0 Å². The maximum Gasteiger partial charge on any atom is 0.205 e. The molecule has 1 rings (SSSR count). The Kier molecular flexibility index (Phi) is 2.47. The van der Waals surface area contributed by atoms with Crippen LogP contribution in [0.5, 0.6) is 0 Å². The molecule has 0 aliphatic rings. The fourth-order valence-electron chi connectivity index (χ4n) is 0.645. The molecule has 1 aromatic heterocycles. The van der Waals surface area contributed by atoms with Gasteiger partial charge in [0.2, 0.25) is 6.54 Å². The molecule has 7 nitrogen and oxygen atoms in total.